The van der Waals surface area contributed by atoms with Crippen molar-refractivity contribution in [2.24, 2.45) is 0 Å². The fourth-order valence-electron chi connectivity index (χ4n) is 2.31. The molecule has 1 aromatic heterocycles. The van der Waals surface area contributed by atoms with Crippen molar-refractivity contribution < 1.29 is 24.0 Å². The van der Waals surface area contributed by atoms with Crippen LogP contribution < -0.4 is 15.6 Å². The smallest absolute Gasteiger partial charge is 0.359 e. The number of hydrogen-bond acceptors (Lipinski definition) is 8. The predicted molar refractivity (Wildman–Crippen MR) is 102 cm³/mol. The number of carbonyl (C=O) groups excluding carboxylic acids is 2. The van der Waals surface area contributed by atoms with Crippen molar-refractivity contribution in [1.82, 2.24) is 9.78 Å². The molecular formula is C18H20N4O7. The number of benzene rings is 1. The Morgan fingerprint density at radius 2 is 2.03 bits per heavy atom. The molecule has 0 atom stereocenters. The number of non-ortho nitro benzene ring substituents is 1. The number of esters is 1. The molecule has 0 spiro atoms. The Morgan fingerprint density at radius 1 is 1.28 bits per heavy atom. The monoisotopic (exact) mass is 404 g/mol. The quantitative estimate of drug-likeness (QED) is 0.378. The van der Waals surface area contributed by atoms with Gasteiger partial charge >= 0.3 is 5.97 Å². The molecule has 1 heterocycles. The molecule has 0 saturated carbocycles. The van der Waals surface area contributed by atoms with Crippen LogP contribution >= 0.6 is 0 Å². The number of unbranched alkanes of at least 4 members (excludes halogenated alkanes) is 1. The molecule has 0 bridgehead atoms. The average Bonchev–Trinajstić information content (AvgIpc) is 2.71. The lowest BCUT2D eigenvalue weighted by Gasteiger charge is -2.10. The molecule has 0 unspecified atom stereocenters. The van der Waals surface area contributed by atoms with E-state index >= 15 is 0 Å². The van der Waals surface area contributed by atoms with Crippen LogP contribution in [0.25, 0.3) is 0 Å². The van der Waals surface area contributed by atoms with Crippen molar-refractivity contribution in [1.29, 1.82) is 0 Å². The fourth-order valence-corrected chi connectivity index (χ4v) is 2.31. The summed E-state index contributed by atoms with van der Waals surface area (Å²) in [5.41, 5.74) is -0.444. The highest BCUT2D eigenvalue weighted by molar-refractivity contribution is 5.95. The zero-order valence-electron chi connectivity index (χ0n) is 15.9. The normalized spacial score (nSPS) is 10.3. The maximum atomic E-state index is 12.1. The van der Waals surface area contributed by atoms with Crippen LogP contribution in [0.1, 0.15) is 30.3 Å². The Bertz CT molecular complexity index is 971. The zero-order valence-corrected chi connectivity index (χ0v) is 15.9. The molecule has 154 valence electrons. The lowest BCUT2D eigenvalue weighted by atomic mass is 10.2. The van der Waals surface area contributed by atoms with Gasteiger partial charge < -0.3 is 14.8 Å². The van der Waals surface area contributed by atoms with Crippen molar-refractivity contribution in [2.75, 3.05) is 19.0 Å². The van der Waals surface area contributed by atoms with E-state index in [1.54, 1.807) is 0 Å². The van der Waals surface area contributed by atoms with E-state index < -0.39 is 23.4 Å². The van der Waals surface area contributed by atoms with E-state index in [1.165, 1.54) is 36.1 Å². The van der Waals surface area contributed by atoms with E-state index in [4.69, 9.17) is 9.47 Å². The number of nitrogens with zero attached hydrogens (tertiary/aromatic N) is 3. The average molecular weight is 404 g/mol. The summed E-state index contributed by atoms with van der Waals surface area (Å²) in [6.07, 6.45) is 1.58. The van der Waals surface area contributed by atoms with Crippen molar-refractivity contribution in [3.63, 3.8) is 0 Å². The third-order valence-corrected chi connectivity index (χ3v) is 3.80. The number of nitrogens with one attached hydrogen (secondary N) is 1. The van der Waals surface area contributed by atoms with E-state index in [9.17, 15) is 24.5 Å². The number of aromatic nitrogens is 2. The van der Waals surface area contributed by atoms with Crippen LogP contribution in [0.15, 0.2) is 35.1 Å². The van der Waals surface area contributed by atoms with Gasteiger partial charge in [0.25, 0.3) is 17.2 Å². The SMILES string of the molecule is CCCCn1nc(C(=O)OCC(=O)Nc2ccc([N+](=O)[O-])cc2OC)ccc1=O. The summed E-state index contributed by atoms with van der Waals surface area (Å²) >= 11 is 0. The number of amides is 1. The lowest BCUT2D eigenvalue weighted by Crippen LogP contribution is -2.26. The minimum atomic E-state index is -0.860. The van der Waals surface area contributed by atoms with Crippen LogP contribution in [-0.4, -0.2) is 40.3 Å². The van der Waals surface area contributed by atoms with Gasteiger partial charge in [-0.3, -0.25) is 19.7 Å². The molecule has 2 aromatic rings. The first-order valence-electron chi connectivity index (χ1n) is 8.73. The van der Waals surface area contributed by atoms with E-state index in [2.05, 4.69) is 10.4 Å². The molecule has 0 aliphatic rings. The molecule has 0 radical (unpaired) electrons. The van der Waals surface area contributed by atoms with E-state index in [0.29, 0.717) is 6.54 Å². The molecular weight excluding hydrogens is 384 g/mol. The second kappa shape index (κ2) is 9.97. The van der Waals surface area contributed by atoms with Crippen molar-refractivity contribution in [3.05, 3.63) is 56.5 Å². The topological polar surface area (TPSA) is 143 Å². The van der Waals surface area contributed by atoms with Crippen molar-refractivity contribution >= 4 is 23.3 Å². The lowest BCUT2D eigenvalue weighted by molar-refractivity contribution is -0.384. The van der Waals surface area contributed by atoms with Gasteiger partial charge in [0.05, 0.1) is 23.8 Å². The van der Waals surface area contributed by atoms with Gasteiger partial charge in [0.1, 0.15) is 5.75 Å². The maximum Gasteiger partial charge on any atom is 0.359 e. The van der Waals surface area contributed by atoms with Crippen LogP contribution in [-0.2, 0) is 16.1 Å². The summed E-state index contributed by atoms with van der Waals surface area (Å²) in [6.45, 7) is 1.72. The molecule has 1 N–H and O–H groups in total. The number of nitro groups is 1. The van der Waals surface area contributed by atoms with Gasteiger partial charge in [-0.2, -0.15) is 5.10 Å². The highest BCUT2D eigenvalue weighted by Crippen LogP contribution is 2.28. The van der Waals surface area contributed by atoms with E-state index in [1.807, 2.05) is 6.92 Å². The molecule has 0 saturated heterocycles. The zero-order chi connectivity index (χ0) is 21.4. The van der Waals surface area contributed by atoms with Crippen molar-refractivity contribution in [3.8, 4) is 5.75 Å². The maximum absolute atomic E-state index is 12.1. The van der Waals surface area contributed by atoms with Gasteiger partial charge in [0, 0.05) is 18.7 Å². The van der Waals surface area contributed by atoms with E-state index in [0.717, 1.165) is 18.9 Å². The molecule has 11 heteroatoms. The highest BCUT2D eigenvalue weighted by atomic mass is 16.6. The third-order valence-electron chi connectivity index (χ3n) is 3.80. The fraction of sp³-hybridized carbons (Fsp3) is 0.333. The van der Waals surface area contributed by atoms with Gasteiger partial charge in [0.15, 0.2) is 12.3 Å². The van der Waals surface area contributed by atoms with Crippen molar-refractivity contribution in [2.45, 2.75) is 26.3 Å². The second-order valence-electron chi connectivity index (χ2n) is 5.90. The number of nitro benzene ring substituents is 1. The molecule has 0 aliphatic heterocycles. The minimum absolute atomic E-state index is 0.0866. The summed E-state index contributed by atoms with van der Waals surface area (Å²) in [4.78, 5) is 46.1. The number of rotatable bonds is 9. The first kappa shape index (κ1) is 21.5. The molecule has 1 amide bonds. The number of carbonyl (C=O) groups is 2. The molecule has 1 aromatic carbocycles. The Kier molecular flexibility index (Phi) is 7.40. The Labute approximate surface area is 165 Å². The van der Waals surface area contributed by atoms with Gasteiger partial charge in [-0.1, -0.05) is 13.3 Å². The molecule has 11 nitrogen and oxygen atoms in total. The van der Waals surface area contributed by atoms with Gasteiger partial charge in [-0.15, -0.1) is 0 Å². The summed E-state index contributed by atoms with van der Waals surface area (Å²) in [5.74, 6) is -1.45. The number of ether oxygens (including phenoxy) is 2. The molecule has 0 fully saturated rings. The molecule has 29 heavy (non-hydrogen) atoms. The largest absolute Gasteiger partial charge is 0.494 e. The Morgan fingerprint density at radius 3 is 2.69 bits per heavy atom. The summed E-state index contributed by atoms with van der Waals surface area (Å²) in [7, 11) is 1.30. The van der Waals surface area contributed by atoms with E-state index in [-0.39, 0.29) is 28.4 Å². The Balaban J connectivity index is 2.00. The van der Waals surface area contributed by atoms with Crippen LogP contribution in [0, 0.1) is 10.1 Å². The summed E-state index contributed by atoms with van der Waals surface area (Å²) in [5, 5.41) is 17.2. The molecule has 0 aliphatic carbocycles. The minimum Gasteiger partial charge on any atom is -0.494 e. The first-order valence-corrected chi connectivity index (χ1v) is 8.73. The summed E-state index contributed by atoms with van der Waals surface area (Å²) < 4.78 is 11.1. The van der Waals surface area contributed by atoms with Gasteiger partial charge in [0.2, 0.25) is 0 Å². The second-order valence-corrected chi connectivity index (χ2v) is 5.90. The van der Waals surface area contributed by atoms with Crippen LogP contribution in [0.4, 0.5) is 11.4 Å². The first-order chi connectivity index (χ1) is 13.8. The Hall–Kier alpha value is -3.76. The third kappa shape index (κ3) is 5.86. The molecule has 2 rings (SSSR count). The van der Waals surface area contributed by atoms with Gasteiger partial charge in [-0.05, 0) is 18.6 Å². The number of hydrogen-bond donors (Lipinski definition) is 1. The highest BCUT2D eigenvalue weighted by Gasteiger charge is 2.16. The van der Waals surface area contributed by atoms with Crippen LogP contribution in [0.2, 0.25) is 0 Å². The number of aryl methyl sites for hydroxylation is 1. The van der Waals surface area contributed by atoms with Crippen LogP contribution in [0.5, 0.6) is 5.75 Å². The number of anilines is 1. The standard InChI is InChI=1S/C18H20N4O7/c1-3-4-9-21-17(24)8-7-14(20-21)18(25)29-11-16(23)19-13-6-5-12(22(26)27)10-15(13)28-2/h5-8,10H,3-4,9,11H2,1-2H3,(H,19,23). The predicted octanol–water partition coefficient (Wildman–Crippen LogP) is 1.76. The summed E-state index contributed by atoms with van der Waals surface area (Å²) in [6, 6.07) is 6.10. The van der Waals surface area contributed by atoms with Gasteiger partial charge in [-0.25, -0.2) is 9.48 Å². The van der Waals surface area contributed by atoms with Crippen LogP contribution in [0.3, 0.4) is 0 Å². The number of methoxy groups -OCH3 is 1.